The molecule has 1 rings (SSSR count). The molecule has 0 aliphatic heterocycles. The molecular formula is C9H9ClF2O. The van der Waals surface area contributed by atoms with Gasteiger partial charge in [0.25, 0.3) is 0 Å². The summed E-state index contributed by atoms with van der Waals surface area (Å²) in [4.78, 5) is 0. The molecule has 0 aromatic heterocycles. The lowest BCUT2D eigenvalue weighted by Crippen LogP contribution is -1.95. The van der Waals surface area contributed by atoms with Crippen molar-refractivity contribution in [1.29, 1.82) is 0 Å². The van der Waals surface area contributed by atoms with Crippen LogP contribution in [-0.4, -0.2) is 11.7 Å². The van der Waals surface area contributed by atoms with Crippen LogP contribution in [0.1, 0.15) is 12.0 Å². The third-order valence-corrected chi connectivity index (χ3v) is 1.95. The molecular weight excluding hydrogens is 198 g/mol. The molecule has 1 nitrogen and oxygen atoms in total. The van der Waals surface area contributed by atoms with Crippen LogP contribution in [0.15, 0.2) is 12.1 Å². The van der Waals surface area contributed by atoms with E-state index >= 15 is 0 Å². The Labute approximate surface area is 80.0 Å². The van der Waals surface area contributed by atoms with E-state index < -0.39 is 11.6 Å². The molecule has 13 heavy (non-hydrogen) atoms. The minimum absolute atomic E-state index is 0.0480. The van der Waals surface area contributed by atoms with Crippen LogP contribution in [0.3, 0.4) is 0 Å². The zero-order valence-corrected chi connectivity index (χ0v) is 7.61. The van der Waals surface area contributed by atoms with Crippen LogP contribution in [0.4, 0.5) is 8.78 Å². The summed E-state index contributed by atoms with van der Waals surface area (Å²) < 4.78 is 25.8. The number of aliphatic hydroxyl groups is 1. The van der Waals surface area contributed by atoms with Crippen LogP contribution in [0, 0.1) is 11.6 Å². The first-order chi connectivity index (χ1) is 6.15. The van der Waals surface area contributed by atoms with Crippen molar-refractivity contribution in [3.05, 3.63) is 34.4 Å². The molecule has 1 aromatic carbocycles. The van der Waals surface area contributed by atoms with Gasteiger partial charge in [-0.2, -0.15) is 0 Å². The van der Waals surface area contributed by atoms with Gasteiger partial charge in [-0.05, 0) is 30.5 Å². The Morgan fingerprint density at radius 3 is 2.62 bits per heavy atom. The molecule has 0 saturated carbocycles. The zero-order chi connectivity index (χ0) is 9.84. The van der Waals surface area contributed by atoms with Crippen LogP contribution in [-0.2, 0) is 6.42 Å². The molecule has 0 bridgehead atoms. The highest BCUT2D eigenvalue weighted by Gasteiger charge is 2.08. The summed E-state index contributed by atoms with van der Waals surface area (Å²) in [6, 6.07) is 2.02. The maximum absolute atomic E-state index is 13.1. The second-order valence-corrected chi connectivity index (χ2v) is 3.10. The van der Waals surface area contributed by atoms with Crippen molar-refractivity contribution in [1.82, 2.24) is 0 Å². The van der Waals surface area contributed by atoms with Gasteiger partial charge >= 0.3 is 0 Å². The summed E-state index contributed by atoms with van der Waals surface area (Å²) in [6.07, 6.45) is 0.691. The average Bonchev–Trinajstić information content (AvgIpc) is 2.09. The Hall–Kier alpha value is -0.670. The quantitative estimate of drug-likeness (QED) is 0.754. The van der Waals surface area contributed by atoms with Gasteiger partial charge in [0.1, 0.15) is 11.6 Å². The van der Waals surface area contributed by atoms with E-state index in [9.17, 15) is 8.78 Å². The van der Waals surface area contributed by atoms with Gasteiger partial charge in [-0.25, -0.2) is 8.78 Å². The first kappa shape index (κ1) is 10.4. The second-order valence-electron chi connectivity index (χ2n) is 2.69. The molecule has 0 amide bonds. The molecule has 0 radical (unpaired) electrons. The Bertz CT molecular complexity index is 302. The number of aliphatic hydroxyl groups excluding tert-OH is 1. The third-order valence-electron chi connectivity index (χ3n) is 1.67. The summed E-state index contributed by atoms with van der Waals surface area (Å²) in [5.74, 6) is -1.16. The lowest BCUT2D eigenvalue weighted by atomic mass is 10.1. The first-order valence-electron chi connectivity index (χ1n) is 3.89. The third kappa shape index (κ3) is 2.64. The topological polar surface area (TPSA) is 20.2 Å². The molecule has 0 saturated heterocycles. The molecule has 0 unspecified atom stereocenters. The van der Waals surface area contributed by atoms with Crippen molar-refractivity contribution in [3.8, 4) is 0 Å². The largest absolute Gasteiger partial charge is 0.396 e. The molecule has 72 valence electrons. The van der Waals surface area contributed by atoms with Crippen molar-refractivity contribution in [2.75, 3.05) is 6.61 Å². The molecule has 1 aromatic rings. The first-order valence-corrected chi connectivity index (χ1v) is 4.27. The summed E-state index contributed by atoms with van der Waals surface area (Å²) in [6.45, 7) is -0.0480. The summed E-state index contributed by atoms with van der Waals surface area (Å²) in [5, 5.41) is 8.29. The van der Waals surface area contributed by atoms with E-state index in [0.717, 1.165) is 12.1 Å². The van der Waals surface area contributed by atoms with Crippen molar-refractivity contribution in [2.45, 2.75) is 12.8 Å². The van der Waals surface area contributed by atoms with Crippen LogP contribution in [0.2, 0.25) is 5.02 Å². The van der Waals surface area contributed by atoms with Crippen molar-refractivity contribution in [3.63, 3.8) is 0 Å². The lowest BCUT2D eigenvalue weighted by molar-refractivity contribution is 0.288. The van der Waals surface area contributed by atoms with E-state index in [4.69, 9.17) is 16.7 Å². The van der Waals surface area contributed by atoms with Crippen LogP contribution >= 0.6 is 11.6 Å². The molecule has 0 aliphatic carbocycles. The minimum Gasteiger partial charge on any atom is -0.396 e. The monoisotopic (exact) mass is 206 g/mol. The smallest absolute Gasteiger partial charge is 0.145 e. The highest BCUT2D eigenvalue weighted by molar-refractivity contribution is 6.30. The highest BCUT2D eigenvalue weighted by Crippen LogP contribution is 2.21. The van der Waals surface area contributed by atoms with Gasteiger partial charge in [0.2, 0.25) is 0 Å². The number of rotatable bonds is 3. The maximum Gasteiger partial charge on any atom is 0.145 e. The fourth-order valence-corrected chi connectivity index (χ4v) is 1.29. The molecule has 0 atom stereocenters. The predicted molar refractivity (Wildman–Crippen MR) is 46.8 cm³/mol. The minimum atomic E-state index is -0.600. The van der Waals surface area contributed by atoms with Crippen molar-refractivity contribution in [2.24, 2.45) is 0 Å². The van der Waals surface area contributed by atoms with Gasteiger partial charge < -0.3 is 5.11 Å². The number of benzene rings is 1. The highest BCUT2D eigenvalue weighted by atomic mass is 35.5. The molecule has 0 heterocycles. The van der Waals surface area contributed by atoms with E-state index in [2.05, 4.69) is 0 Å². The van der Waals surface area contributed by atoms with Crippen LogP contribution in [0.25, 0.3) is 0 Å². The fourth-order valence-electron chi connectivity index (χ4n) is 1.06. The zero-order valence-electron chi connectivity index (χ0n) is 6.86. The Kier molecular flexibility index (Phi) is 3.63. The molecule has 0 fully saturated rings. The maximum atomic E-state index is 13.1. The number of hydrogen-bond donors (Lipinski definition) is 1. The summed E-state index contributed by atoms with van der Waals surface area (Å²) in [5.41, 5.74) is 0.207. The van der Waals surface area contributed by atoms with Gasteiger partial charge in [0.15, 0.2) is 0 Å². The SMILES string of the molecule is OCCCc1cc(F)cc(Cl)c1F. The van der Waals surface area contributed by atoms with Crippen LogP contribution in [0.5, 0.6) is 0 Å². The number of hydrogen-bond acceptors (Lipinski definition) is 1. The number of aryl methyl sites for hydroxylation is 1. The normalized spacial score (nSPS) is 10.5. The van der Waals surface area contributed by atoms with Gasteiger partial charge in [-0.3, -0.25) is 0 Å². The second kappa shape index (κ2) is 4.53. The Morgan fingerprint density at radius 2 is 2.00 bits per heavy atom. The molecule has 0 spiro atoms. The fraction of sp³-hybridized carbons (Fsp3) is 0.333. The van der Waals surface area contributed by atoms with Gasteiger partial charge in [0, 0.05) is 6.61 Å². The van der Waals surface area contributed by atoms with E-state index in [1.165, 1.54) is 0 Å². The van der Waals surface area contributed by atoms with Gasteiger partial charge in [-0.15, -0.1) is 0 Å². The summed E-state index contributed by atoms with van der Waals surface area (Å²) >= 11 is 5.42. The average molecular weight is 207 g/mol. The number of halogens is 3. The van der Waals surface area contributed by atoms with Crippen molar-refractivity contribution < 1.29 is 13.9 Å². The molecule has 4 heteroatoms. The molecule has 1 N–H and O–H groups in total. The van der Waals surface area contributed by atoms with E-state index in [0.29, 0.717) is 12.8 Å². The predicted octanol–water partition coefficient (Wildman–Crippen LogP) is 2.54. The standard InChI is InChI=1S/C9H9ClF2O/c10-8-5-7(11)4-6(9(8)12)2-1-3-13/h4-5,13H,1-3H2. The summed E-state index contributed by atoms with van der Waals surface area (Å²) in [7, 11) is 0. The lowest BCUT2D eigenvalue weighted by Gasteiger charge is -2.03. The van der Waals surface area contributed by atoms with Gasteiger partial charge in [-0.1, -0.05) is 11.6 Å². The van der Waals surface area contributed by atoms with E-state index in [1.54, 1.807) is 0 Å². The Balaban J connectivity index is 2.92. The van der Waals surface area contributed by atoms with Gasteiger partial charge in [0.05, 0.1) is 5.02 Å². The Morgan fingerprint density at radius 1 is 1.31 bits per heavy atom. The van der Waals surface area contributed by atoms with E-state index in [-0.39, 0.29) is 17.2 Å². The van der Waals surface area contributed by atoms with E-state index in [1.807, 2.05) is 0 Å². The van der Waals surface area contributed by atoms with Crippen LogP contribution < -0.4 is 0 Å². The molecule has 0 aliphatic rings. The van der Waals surface area contributed by atoms with Crippen molar-refractivity contribution >= 4 is 11.6 Å².